The summed E-state index contributed by atoms with van der Waals surface area (Å²) in [4.78, 5) is 9.61. The molecule has 0 radical (unpaired) electrons. The molecule has 6 heteroatoms. The number of hydrogen-bond donors (Lipinski definition) is 0. The predicted octanol–water partition coefficient (Wildman–Crippen LogP) is 9.72. The van der Waals surface area contributed by atoms with Crippen molar-refractivity contribution < 1.29 is 30.5 Å². The molecule has 0 saturated heterocycles. The van der Waals surface area contributed by atoms with Crippen LogP contribution in [0.5, 0.6) is 23.0 Å². The Hall–Kier alpha value is -5.25. The van der Waals surface area contributed by atoms with E-state index in [1.165, 1.54) is 11.1 Å². The summed E-state index contributed by atoms with van der Waals surface area (Å²) < 4.78 is 13.7. The fraction of sp³-hybridized carbons (Fsp3) is 0.130. The summed E-state index contributed by atoms with van der Waals surface area (Å²) >= 11 is 0. The molecule has 2 aliphatic heterocycles. The summed E-state index contributed by atoms with van der Waals surface area (Å²) in [5, 5.41) is 0. The zero-order valence-electron chi connectivity index (χ0n) is 29.4. The quantitative estimate of drug-likeness (QED) is 0.124. The first-order valence-corrected chi connectivity index (χ1v) is 17.7. The first-order chi connectivity index (χ1) is 24.9. The van der Waals surface area contributed by atoms with Gasteiger partial charge in [-0.25, -0.2) is 0 Å². The molecule has 52 heavy (non-hydrogen) atoms. The molecule has 0 fully saturated rings. The van der Waals surface area contributed by atoms with E-state index in [1.54, 1.807) is 0 Å². The molecular formula is C46H35BN2O2Pt. The van der Waals surface area contributed by atoms with Crippen molar-refractivity contribution >= 4 is 23.1 Å². The molecule has 5 aromatic carbocycles. The van der Waals surface area contributed by atoms with Gasteiger partial charge in [0.1, 0.15) is 11.5 Å². The fourth-order valence-electron chi connectivity index (χ4n) is 7.39. The van der Waals surface area contributed by atoms with Crippen molar-refractivity contribution in [1.29, 1.82) is 0 Å². The first kappa shape index (κ1) is 33.9. The van der Waals surface area contributed by atoms with Crippen LogP contribution in [0.25, 0.3) is 44.8 Å². The first-order valence-electron chi connectivity index (χ1n) is 17.7. The molecule has 254 valence electrons. The third-order valence-corrected chi connectivity index (χ3v) is 10.0. The van der Waals surface area contributed by atoms with Crippen LogP contribution in [0.4, 0.5) is 0 Å². The van der Waals surface area contributed by atoms with Crippen LogP contribution in [0.1, 0.15) is 50.7 Å². The van der Waals surface area contributed by atoms with Gasteiger partial charge >= 0.3 is 21.1 Å². The maximum absolute atomic E-state index is 6.87. The van der Waals surface area contributed by atoms with E-state index >= 15 is 0 Å². The van der Waals surface area contributed by atoms with Gasteiger partial charge in [0.15, 0.2) is 0 Å². The molecule has 4 nitrogen and oxygen atoms in total. The van der Waals surface area contributed by atoms with Gasteiger partial charge in [-0.1, -0.05) is 100 Å². The minimum Gasteiger partial charge on any atom is -0.502 e. The Morgan fingerprint density at radius 1 is 0.519 bits per heavy atom. The number of rotatable bonds is 6. The van der Waals surface area contributed by atoms with E-state index in [-0.39, 0.29) is 39.6 Å². The van der Waals surface area contributed by atoms with Crippen molar-refractivity contribution in [3.63, 3.8) is 0 Å². The van der Waals surface area contributed by atoms with E-state index in [9.17, 15) is 0 Å². The van der Waals surface area contributed by atoms with Crippen molar-refractivity contribution in [2.45, 2.75) is 39.5 Å². The molecule has 0 saturated carbocycles. The van der Waals surface area contributed by atoms with Gasteiger partial charge in [0.2, 0.25) is 6.71 Å². The third-order valence-electron chi connectivity index (χ3n) is 10.0. The number of nitrogens with zero attached hydrogens (tertiary/aromatic N) is 2. The van der Waals surface area contributed by atoms with Crippen LogP contribution in [0.3, 0.4) is 0 Å². The van der Waals surface area contributed by atoms with Crippen molar-refractivity contribution in [3.05, 3.63) is 151 Å². The zero-order valence-corrected chi connectivity index (χ0v) is 31.7. The smallest absolute Gasteiger partial charge is 0.502 e. The summed E-state index contributed by atoms with van der Waals surface area (Å²) in [5.41, 5.74) is 13.3. The second-order valence-corrected chi connectivity index (χ2v) is 14.0. The molecule has 0 N–H and O–H groups in total. The van der Waals surface area contributed by atoms with E-state index in [0.29, 0.717) is 0 Å². The zero-order chi connectivity index (χ0) is 34.6. The van der Waals surface area contributed by atoms with Crippen LogP contribution in [0.2, 0.25) is 0 Å². The Kier molecular flexibility index (Phi) is 8.93. The minimum atomic E-state index is -0.215. The van der Waals surface area contributed by atoms with Crippen LogP contribution in [-0.2, 0) is 21.1 Å². The maximum atomic E-state index is 6.87. The summed E-state index contributed by atoms with van der Waals surface area (Å²) in [6.45, 7) is 8.69. The molecular weight excluding hydrogens is 818 g/mol. The van der Waals surface area contributed by atoms with E-state index in [2.05, 4.69) is 143 Å². The van der Waals surface area contributed by atoms with Gasteiger partial charge in [0.05, 0.1) is 0 Å². The largest absolute Gasteiger partial charge is 2.00 e. The predicted molar refractivity (Wildman–Crippen MR) is 207 cm³/mol. The van der Waals surface area contributed by atoms with Crippen molar-refractivity contribution in [1.82, 2.24) is 9.97 Å². The van der Waals surface area contributed by atoms with E-state index in [4.69, 9.17) is 19.4 Å². The number of fused-ring (bicyclic) bond motifs is 4. The second kappa shape index (κ2) is 13.7. The van der Waals surface area contributed by atoms with Crippen LogP contribution >= 0.6 is 0 Å². The molecule has 0 bridgehead atoms. The Labute approximate surface area is 320 Å². The van der Waals surface area contributed by atoms with Gasteiger partial charge in [-0.2, -0.15) is 0 Å². The monoisotopic (exact) mass is 853 g/mol. The average molecular weight is 854 g/mol. The Morgan fingerprint density at radius 3 is 1.38 bits per heavy atom. The van der Waals surface area contributed by atoms with E-state index in [1.807, 2.05) is 24.5 Å². The average Bonchev–Trinajstić information content (AvgIpc) is 3.18. The molecule has 0 spiro atoms. The molecule has 9 rings (SSSR count). The SMILES string of the molecule is CC(C)c1cc(C(C)C)c2c3c1Oc1ccc(-c4cc(-c5ccccc5)ccn4)[c-]c1B3c1[c-]c(-c3cc(-c4ccccc4)ccn3)ccc1O2.[Pt+2]. The normalized spacial score (nSPS) is 12.3. The van der Waals surface area contributed by atoms with Crippen LogP contribution in [0, 0.1) is 12.1 Å². The van der Waals surface area contributed by atoms with Gasteiger partial charge in [-0.3, -0.25) is 0 Å². The number of ether oxygens (including phenoxy) is 2. The van der Waals surface area contributed by atoms with Crippen molar-refractivity contribution in [2.24, 2.45) is 0 Å². The number of aromatic nitrogens is 2. The molecule has 2 aliphatic rings. The molecule has 7 aromatic rings. The van der Waals surface area contributed by atoms with Gasteiger partial charge in [0, 0.05) is 29.4 Å². The van der Waals surface area contributed by atoms with Crippen LogP contribution < -0.4 is 25.9 Å². The molecule has 2 aromatic heterocycles. The van der Waals surface area contributed by atoms with Gasteiger partial charge in [-0.05, 0) is 74.8 Å². The standard InChI is InChI=1S/C46H35BN2O2.Pt/c1-28(2)36-27-37(29(3)4)46-44-45(36)50-42-17-15-34(40-25-32(19-21-48-40)30-11-7-5-8-12-30)23-38(42)47(44)39-24-35(16-18-43(39)51-46)41-26-33(20-22-49-41)31-13-9-6-10-14-31;/h5-22,25-29H,1-4H3;/q-2;+2. The minimum absolute atomic E-state index is 0. The Balaban J connectivity index is 0.00000387. The Bertz CT molecular complexity index is 2280. The van der Waals surface area contributed by atoms with Crippen LogP contribution in [0.15, 0.2) is 128 Å². The molecule has 0 unspecified atom stereocenters. The number of hydrogen-bond acceptors (Lipinski definition) is 4. The molecule has 0 atom stereocenters. The molecule has 0 aliphatic carbocycles. The van der Waals surface area contributed by atoms with Gasteiger partial charge in [0.25, 0.3) is 0 Å². The van der Waals surface area contributed by atoms with Crippen molar-refractivity contribution in [3.8, 4) is 67.8 Å². The summed E-state index contributed by atoms with van der Waals surface area (Å²) in [6, 6.07) is 47.4. The summed E-state index contributed by atoms with van der Waals surface area (Å²) in [5.74, 6) is 3.83. The summed E-state index contributed by atoms with van der Waals surface area (Å²) in [7, 11) is 0. The van der Waals surface area contributed by atoms with Gasteiger partial charge < -0.3 is 19.4 Å². The molecule has 4 heterocycles. The van der Waals surface area contributed by atoms with Gasteiger partial charge in [-0.15, -0.1) is 58.5 Å². The van der Waals surface area contributed by atoms with Crippen molar-refractivity contribution in [2.75, 3.05) is 0 Å². The number of benzene rings is 5. The van der Waals surface area contributed by atoms with E-state index < -0.39 is 0 Å². The fourth-order valence-corrected chi connectivity index (χ4v) is 7.39. The topological polar surface area (TPSA) is 44.2 Å². The van der Waals surface area contributed by atoms with E-state index in [0.717, 1.165) is 84.2 Å². The number of pyridine rings is 2. The Morgan fingerprint density at radius 2 is 0.962 bits per heavy atom. The molecule has 0 amide bonds. The second-order valence-electron chi connectivity index (χ2n) is 14.0. The summed E-state index contributed by atoms with van der Waals surface area (Å²) in [6.07, 6.45) is 3.75. The third kappa shape index (κ3) is 5.88. The van der Waals surface area contributed by atoms with Crippen LogP contribution in [-0.4, -0.2) is 16.7 Å². The maximum Gasteiger partial charge on any atom is 2.00 e.